The molecule has 112 valence electrons. The number of nitrogens with two attached hydrogens (primary N) is 1. The average Bonchev–Trinajstić information content (AvgIpc) is 2.88. The van der Waals surface area contributed by atoms with Gasteiger partial charge < -0.3 is 5.73 Å². The SMILES string of the molecule is CC(CC(N)=O)(c1ccccc1)c1ccc2n[nH]c(Cl)c2c1. The number of aromatic amines is 1. The van der Waals surface area contributed by atoms with Gasteiger partial charge in [-0.2, -0.15) is 5.10 Å². The number of benzene rings is 2. The summed E-state index contributed by atoms with van der Waals surface area (Å²) in [4.78, 5) is 11.6. The van der Waals surface area contributed by atoms with E-state index in [1.54, 1.807) is 0 Å². The lowest BCUT2D eigenvalue weighted by molar-refractivity contribution is -0.118. The summed E-state index contributed by atoms with van der Waals surface area (Å²) >= 11 is 6.14. The van der Waals surface area contributed by atoms with Crippen molar-refractivity contribution in [1.29, 1.82) is 0 Å². The fraction of sp³-hybridized carbons (Fsp3) is 0.176. The van der Waals surface area contributed by atoms with Crippen LogP contribution in [0.2, 0.25) is 5.15 Å². The van der Waals surface area contributed by atoms with Crippen molar-refractivity contribution in [3.8, 4) is 0 Å². The van der Waals surface area contributed by atoms with Gasteiger partial charge in [0.05, 0.1) is 5.52 Å². The standard InChI is InChI=1S/C17H16ClN3O/c1-17(10-15(19)22,11-5-3-2-4-6-11)12-7-8-14-13(9-12)16(18)21-20-14/h2-9H,10H2,1H3,(H2,19,22)(H,20,21). The molecular weight excluding hydrogens is 298 g/mol. The number of aromatic nitrogens is 2. The third-order valence-corrected chi connectivity index (χ3v) is 4.37. The number of halogens is 1. The zero-order chi connectivity index (χ0) is 15.7. The fourth-order valence-electron chi connectivity index (χ4n) is 2.85. The molecule has 0 aliphatic rings. The number of amides is 1. The molecule has 3 rings (SSSR count). The van der Waals surface area contributed by atoms with Gasteiger partial charge in [-0.05, 0) is 23.3 Å². The van der Waals surface area contributed by atoms with Crippen LogP contribution in [-0.4, -0.2) is 16.1 Å². The monoisotopic (exact) mass is 313 g/mol. The smallest absolute Gasteiger partial charge is 0.218 e. The fourth-order valence-corrected chi connectivity index (χ4v) is 3.04. The van der Waals surface area contributed by atoms with Crippen molar-refractivity contribution in [2.45, 2.75) is 18.8 Å². The Morgan fingerprint density at radius 1 is 1.23 bits per heavy atom. The van der Waals surface area contributed by atoms with Crippen LogP contribution in [0.4, 0.5) is 0 Å². The zero-order valence-electron chi connectivity index (χ0n) is 12.1. The summed E-state index contributed by atoms with van der Waals surface area (Å²) in [5.41, 5.74) is 7.79. The van der Waals surface area contributed by atoms with Crippen LogP contribution in [0.15, 0.2) is 48.5 Å². The highest BCUT2D eigenvalue weighted by Gasteiger charge is 2.31. The minimum absolute atomic E-state index is 0.220. The van der Waals surface area contributed by atoms with Gasteiger partial charge in [-0.3, -0.25) is 9.89 Å². The van der Waals surface area contributed by atoms with Crippen molar-refractivity contribution in [3.05, 3.63) is 64.8 Å². The van der Waals surface area contributed by atoms with Crippen molar-refractivity contribution in [2.75, 3.05) is 0 Å². The van der Waals surface area contributed by atoms with Crippen molar-refractivity contribution in [1.82, 2.24) is 10.2 Å². The number of fused-ring (bicyclic) bond motifs is 1. The van der Waals surface area contributed by atoms with E-state index in [0.29, 0.717) is 5.15 Å². The van der Waals surface area contributed by atoms with Crippen molar-refractivity contribution in [2.24, 2.45) is 5.73 Å². The highest BCUT2D eigenvalue weighted by Crippen LogP contribution is 2.37. The normalized spacial score (nSPS) is 13.9. The van der Waals surface area contributed by atoms with E-state index in [0.717, 1.165) is 22.0 Å². The summed E-state index contributed by atoms with van der Waals surface area (Å²) in [5, 5.41) is 8.22. The molecule has 1 unspecified atom stereocenters. The molecule has 0 aliphatic heterocycles. The lowest BCUT2D eigenvalue weighted by atomic mass is 9.73. The summed E-state index contributed by atoms with van der Waals surface area (Å²) in [6.07, 6.45) is 0.220. The van der Waals surface area contributed by atoms with E-state index in [1.807, 2.05) is 55.5 Å². The van der Waals surface area contributed by atoms with Gasteiger partial charge in [0, 0.05) is 17.2 Å². The van der Waals surface area contributed by atoms with Gasteiger partial charge in [0.2, 0.25) is 5.91 Å². The molecule has 1 atom stereocenters. The summed E-state index contributed by atoms with van der Waals surface area (Å²) in [6, 6.07) is 15.7. The van der Waals surface area contributed by atoms with E-state index in [9.17, 15) is 4.79 Å². The molecule has 0 bridgehead atoms. The van der Waals surface area contributed by atoms with Crippen LogP contribution < -0.4 is 5.73 Å². The quantitative estimate of drug-likeness (QED) is 0.775. The third kappa shape index (κ3) is 2.46. The molecule has 5 heteroatoms. The van der Waals surface area contributed by atoms with Crippen LogP contribution >= 0.6 is 11.6 Å². The van der Waals surface area contributed by atoms with Crippen LogP contribution in [0.3, 0.4) is 0 Å². The number of nitrogens with one attached hydrogen (secondary N) is 1. The Labute approximate surface area is 133 Å². The Bertz CT molecular complexity index is 828. The number of H-pyrrole nitrogens is 1. The Hall–Kier alpha value is -2.33. The highest BCUT2D eigenvalue weighted by molar-refractivity contribution is 6.34. The minimum Gasteiger partial charge on any atom is -0.370 e. The van der Waals surface area contributed by atoms with E-state index in [-0.39, 0.29) is 12.3 Å². The molecule has 1 heterocycles. The topological polar surface area (TPSA) is 71.8 Å². The van der Waals surface area contributed by atoms with Crippen molar-refractivity contribution >= 4 is 28.4 Å². The maximum Gasteiger partial charge on any atom is 0.218 e. The molecule has 1 aromatic heterocycles. The first-order valence-corrected chi connectivity index (χ1v) is 7.36. The molecule has 0 saturated heterocycles. The van der Waals surface area contributed by atoms with Gasteiger partial charge in [0.25, 0.3) is 0 Å². The van der Waals surface area contributed by atoms with Gasteiger partial charge in [0.1, 0.15) is 5.15 Å². The van der Waals surface area contributed by atoms with E-state index >= 15 is 0 Å². The summed E-state index contributed by atoms with van der Waals surface area (Å²) < 4.78 is 0. The molecule has 1 amide bonds. The number of primary amides is 1. The number of carbonyl (C=O) groups excluding carboxylic acids is 1. The van der Waals surface area contributed by atoms with Gasteiger partial charge in [-0.25, -0.2) is 0 Å². The van der Waals surface area contributed by atoms with E-state index in [2.05, 4.69) is 10.2 Å². The maximum absolute atomic E-state index is 11.6. The molecule has 4 nitrogen and oxygen atoms in total. The van der Waals surface area contributed by atoms with Gasteiger partial charge >= 0.3 is 0 Å². The molecule has 0 fully saturated rings. The zero-order valence-corrected chi connectivity index (χ0v) is 12.9. The first kappa shape index (κ1) is 14.6. The molecule has 0 spiro atoms. The van der Waals surface area contributed by atoms with Crippen LogP contribution in [-0.2, 0) is 10.2 Å². The molecule has 2 aromatic carbocycles. The summed E-state index contributed by atoms with van der Waals surface area (Å²) in [6.45, 7) is 2.02. The van der Waals surface area contributed by atoms with Gasteiger partial charge in [0.15, 0.2) is 0 Å². The second-order valence-corrected chi connectivity index (χ2v) is 5.99. The molecule has 0 aliphatic carbocycles. The van der Waals surface area contributed by atoms with Gasteiger partial charge in [-0.1, -0.05) is 54.9 Å². The number of nitrogens with zero attached hydrogens (tertiary/aromatic N) is 1. The van der Waals surface area contributed by atoms with E-state index in [1.165, 1.54) is 0 Å². The summed E-state index contributed by atoms with van der Waals surface area (Å²) in [5.74, 6) is -0.343. The Balaban J connectivity index is 2.19. The predicted molar refractivity (Wildman–Crippen MR) is 87.8 cm³/mol. The lowest BCUT2D eigenvalue weighted by Gasteiger charge is -2.30. The lowest BCUT2D eigenvalue weighted by Crippen LogP contribution is -2.30. The van der Waals surface area contributed by atoms with Crippen LogP contribution in [0, 0.1) is 0 Å². The first-order chi connectivity index (χ1) is 10.5. The minimum atomic E-state index is -0.512. The van der Waals surface area contributed by atoms with Crippen molar-refractivity contribution < 1.29 is 4.79 Å². The van der Waals surface area contributed by atoms with Crippen molar-refractivity contribution in [3.63, 3.8) is 0 Å². The molecule has 3 N–H and O–H groups in total. The second-order valence-electron chi connectivity index (χ2n) is 5.61. The Kier molecular flexibility index (Phi) is 3.62. The Morgan fingerprint density at radius 3 is 2.64 bits per heavy atom. The molecule has 3 aromatic rings. The second kappa shape index (κ2) is 5.46. The van der Waals surface area contributed by atoms with Crippen LogP contribution in [0.1, 0.15) is 24.5 Å². The number of carbonyl (C=O) groups is 1. The first-order valence-electron chi connectivity index (χ1n) is 6.98. The average molecular weight is 314 g/mol. The largest absolute Gasteiger partial charge is 0.370 e. The van der Waals surface area contributed by atoms with Crippen LogP contribution in [0.5, 0.6) is 0 Å². The van der Waals surface area contributed by atoms with Gasteiger partial charge in [-0.15, -0.1) is 0 Å². The molecular formula is C17H16ClN3O. The Morgan fingerprint density at radius 2 is 1.95 bits per heavy atom. The molecule has 0 radical (unpaired) electrons. The highest BCUT2D eigenvalue weighted by atomic mass is 35.5. The maximum atomic E-state index is 11.6. The van der Waals surface area contributed by atoms with E-state index in [4.69, 9.17) is 17.3 Å². The van der Waals surface area contributed by atoms with Crippen LogP contribution in [0.25, 0.3) is 10.9 Å². The third-order valence-electron chi connectivity index (χ3n) is 4.08. The number of rotatable bonds is 4. The predicted octanol–water partition coefficient (Wildman–Crippen LogP) is 3.40. The number of hydrogen-bond donors (Lipinski definition) is 2. The molecule has 22 heavy (non-hydrogen) atoms. The summed E-state index contributed by atoms with van der Waals surface area (Å²) in [7, 11) is 0. The number of hydrogen-bond acceptors (Lipinski definition) is 2. The molecule has 0 saturated carbocycles. The van der Waals surface area contributed by atoms with E-state index < -0.39 is 5.41 Å².